The number of nitrogens with one attached hydrogen (secondary N) is 1. The van der Waals surface area contributed by atoms with Crippen LogP contribution in [-0.4, -0.2) is 28.5 Å². The molecule has 0 radical (unpaired) electrons. The number of hydrogen-bond acceptors (Lipinski definition) is 3. The van der Waals surface area contributed by atoms with E-state index in [-0.39, 0.29) is 18.2 Å². The third kappa shape index (κ3) is 4.27. The van der Waals surface area contributed by atoms with Gasteiger partial charge in [-0.15, -0.1) is 0 Å². The van der Waals surface area contributed by atoms with E-state index in [1.807, 2.05) is 25.1 Å². The van der Waals surface area contributed by atoms with Crippen molar-refractivity contribution < 1.29 is 14.7 Å². The van der Waals surface area contributed by atoms with Crippen molar-refractivity contribution in [2.45, 2.75) is 19.8 Å². The third-order valence-corrected chi connectivity index (χ3v) is 3.33. The van der Waals surface area contributed by atoms with Crippen molar-refractivity contribution in [2.75, 3.05) is 6.54 Å². The maximum atomic E-state index is 12.1. The van der Waals surface area contributed by atoms with Crippen LogP contribution in [0, 0.1) is 5.92 Å². The monoisotopic (exact) mass is 286 g/mol. The Bertz CT molecular complexity index is 655. The number of aliphatic carboxylic acids is 1. The van der Waals surface area contributed by atoms with Crippen LogP contribution in [0.5, 0.6) is 0 Å². The molecule has 0 saturated carbocycles. The van der Waals surface area contributed by atoms with Crippen LogP contribution in [0.25, 0.3) is 10.9 Å². The van der Waals surface area contributed by atoms with Gasteiger partial charge in [0.2, 0.25) is 0 Å². The molecular formula is C16H18N2O3. The predicted octanol–water partition coefficient (Wildman–Crippen LogP) is 2.47. The van der Waals surface area contributed by atoms with Crippen molar-refractivity contribution in [1.29, 1.82) is 0 Å². The highest BCUT2D eigenvalue weighted by molar-refractivity contribution is 5.97. The zero-order valence-corrected chi connectivity index (χ0v) is 11.9. The minimum Gasteiger partial charge on any atom is -0.481 e. The molecule has 1 heterocycles. The molecule has 1 aromatic carbocycles. The second kappa shape index (κ2) is 6.83. The van der Waals surface area contributed by atoms with Crippen LogP contribution in [0.15, 0.2) is 36.5 Å². The normalized spacial score (nSPS) is 12.0. The van der Waals surface area contributed by atoms with Gasteiger partial charge < -0.3 is 10.4 Å². The van der Waals surface area contributed by atoms with Crippen LogP contribution in [0.1, 0.15) is 30.1 Å². The number of amides is 1. The first-order chi connectivity index (χ1) is 10.1. The summed E-state index contributed by atoms with van der Waals surface area (Å²) in [6.45, 7) is 2.39. The van der Waals surface area contributed by atoms with E-state index in [4.69, 9.17) is 5.11 Å². The quantitative estimate of drug-likeness (QED) is 0.855. The van der Waals surface area contributed by atoms with Gasteiger partial charge >= 0.3 is 5.97 Å². The van der Waals surface area contributed by atoms with Crippen molar-refractivity contribution in [3.63, 3.8) is 0 Å². The summed E-state index contributed by atoms with van der Waals surface area (Å²) in [5.74, 6) is -0.828. The Kier molecular flexibility index (Phi) is 4.87. The predicted molar refractivity (Wildman–Crippen MR) is 80.1 cm³/mol. The summed E-state index contributed by atoms with van der Waals surface area (Å²) in [6, 6.07) is 9.11. The fraction of sp³-hybridized carbons (Fsp3) is 0.312. The summed E-state index contributed by atoms with van der Waals surface area (Å²) in [7, 11) is 0. The number of carboxylic acid groups (broad SMARTS) is 1. The van der Waals surface area contributed by atoms with Crippen molar-refractivity contribution in [3.8, 4) is 0 Å². The van der Waals surface area contributed by atoms with E-state index < -0.39 is 5.97 Å². The molecule has 0 aliphatic rings. The number of hydrogen-bond donors (Lipinski definition) is 2. The number of carboxylic acids is 1. The number of aromatic nitrogens is 1. The Morgan fingerprint density at radius 2 is 2.14 bits per heavy atom. The molecule has 0 bridgehead atoms. The fourth-order valence-corrected chi connectivity index (χ4v) is 2.06. The molecule has 0 aliphatic heterocycles. The summed E-state index contributed by atoms with van der Waals surface area (Å²) in [4.78, 5) is 26.8. The van der Waals surface area contributed by atoms with E-state index in [1.54, 1.807) is 18.3 Å². The summed E-state index contributed by atoms with van der Waals surface area (Å²) in [5.41, 5.74) is 1.44. The molecule has 2 rings (SSSR count). The van der Waals surface area contributed by atoms with Crippen LogP contribution < -0.4 is 5.32 Å². The average Bonchev–Trinajstić information content (AvgIpc) is 2.50. The molecule has 1 atom stereocenters. The van der Waals surface area contributed by atoms with Crippen molar-refractivity contribution in [2.24, 2.45) is 5.92 Å². The van der Waals surface area contributed by atoms with Gasteiger partial charge in [0, 0.05) is 30.1 Å². The van der Waals surface area contributed by atoms with Crippen molar-refractivity contribution in [1.82, 2.24) is 10.3 Å². The molecule has 2 aromatic rings. The fourth-order valence-electron chi connectivity index (χ4n) is 2.06. The lowest BCUT2D eigenvalue weighted by Crippen LogP contribution is -2.28. The first kappa shape index (κ1) is 15.0. The number of nitrogens with zero attached hydrogens (tertiary/aromatic N) is 1. The lowest BCUT2D eigenvalue weighted by Gasteiger charge is -2.11. The molecule has 1 unspecified atom stereocenters. The highest BCUT2D eigenvalue weighted by Crippen LogP contribution is 2.13. The van der Waals surface area contributed by atoms with Crippen LogP contribution in [0.4, 0.5) is 0 Å². The molecule has 1 amide bonds. The number of pyridine rings is 1. The molecule has 5 heteroatoms. The number of benzene rings is 1. The van der Waals surface area contributed by atoms with Gasteiger partial charge in [0.25, 0.3) is 5.91 Å². The first-order valence-corrected chi connectivity index (χ1v) is 6.91. The van der Waals surface area contributed by atoms with Gasteiger partial charge in [-0.3, -0.25) is 14.6 Å². The molecule has 5 nitrogen and oxygen atoms in total. The van der Waals surface area contributed by atoms with Crippen molar-refractivity contribution >= 4 is 22.8 Å². The largest absolute Gasteiger partial charge is 0.481 e. The molecular weight excluding hydrogens is 268 g/mol. The highest BCUT2D eigenvalue weighted by Gasteiger charge is 2.10. The first-order valence-electron chi connectivity index (χ1n) is 6.91. The Morgan fingerprint density at radius 1 is 1.33 bits per heavy atom. The van der Waals surface area contributed by atoms with Gasteiger partial charge in [-0.05, 0) is 36.6 Å². The van der Waals surface area contributed by atoms with Gasteiger partial charge in [-0.25, -0.2) is 0 Å². The SMILES string of the molecule is CC(CCC(=O)O)CNC(=O)c1ccc2ncccc2c1. The lowest BCUT2D eigenvalue weighted by molar-refractivity contribution is -0.137. The zero-order valence-electron chi connectivity index (χ0n) is 11.9. The van der Waals surface area contributed by atoms with E-state index in [0.717, 1.165) is 10.9 Å². The molecule has 1 aromatic heterocycles. The second-order valence-corrected chi connectivity index (χ2v) is 5.16. The Labute approximate surface area is 123 Å². The maximum absolute atomic E-state index is 12.1. The van der Waals surface area contributed by atoms with Gasteiger partial charge in [0.15, 0.2) is 0 Å². The van der Waals surface area contributed by atoms with E-state index >= 15 is 0 Å². The van der Waals surface area contributed by atoms with Crippen LogP contribution in [-0.2, 0) is 4.79 Å². The topological polar surface area (TPSA) is 79.3 Å². The van der Waals surface area contributed by atoms with E-state index in [9.17, 15) is 9.59 Å². The molecule has 2 N–H and O–H groups in total. The maximum Gasteiger partial charge on any atom is 0.303 e. The zero-order chi connectivity index (χ0) is 15.2. The number of fused-ring (bicyclic) bond motifs is 1. The van der Waals surface area contributed by atoms with Gasteiger partial charge in [0.05, 0.1) is 5.52 Å². The molecule has 0 spiro atoms. The van der Waals surface area contributed by atoms with E-state index in [2.05, 4.69) is 10.3 Å². The molecule has 110 valence electrons. The van der Waals surface area contributed by atoms with Gasteiger partial charge in [-0.1, -0.05) is 13.0 Å². The molecule has 0 saturated heterocycles. The standard InChI is InChI=1S/C16H18N2O3/c1-11(4-7-15(19)20)10-18-16(21)13-5-6-14-12(9-13)3-2-8-17-14/h2-3,5-6,8-9,11H,4,7,10H2,1H3,(H,18,21)(H,19,20). The van der Waals surface area contributed by atoms with Crippen molar-refractivity contribution in [3.05, 3.63) is 42.1 Å². The lowest BCUT2D eigenvalue weighted by atomic mass is 10.1. The number of rotatable bonds is 6. The summed E-state index contributed by atoms with van der Waals surface area (Å²) < 4.78 is 0. The van der Waals surface area contributed by atoms with Crippen LogP contribution >= 0.6 is 0 Å². The minimum atomic E-state index is -0.810. The Balaban J connectivity index is 1.94. The smallest absolute Gasteiger partial charge is 0.303 e. The number of carbonyl (C=O) groups excluding carboxylic acids is 1. The summed E-state index contributed by atoms with van der Waals surface area (Å²) >= 11 is 0. The summed E-state index contributed by atoms with van der Waals surface area (Å²) in [5, 5.41) is 12.4. The minimum absolute atomic E-state index is 0.124. The molecule has 0 aliphatic carbocycles. The van der Waals surface area contributed by atoms with E-state index in [1.165, 1.54) is 0 Å². The highest BCUT2D eigenvalue weighted by atomic mass is 16.4. The van der Waals surface area contributed by atoms with Crippen LogP contribution in [0.2, 0.25) is 0 Å². The molecule has 21 heavy (non-hydrogen) atoms. The van der Waals surface area contributed by atoms with Gasteiger partial charge in [0.1, 0.15) is 0 Å². The van der Waals surface area contributed by atoms with E-state index in [0.29, 0.717) is 18.5 Å². The number of carbonyl (C=O) groups is 2. The third-order valence-electron chi connectivity index (χ3n) is 3.33. The van der Waals surface area contributed by atoms with Crippen LogP contribution in [0.3, 0.4) is 0 Å². The Hall–Kier alpha value is -2.43. The second-order valence-electron chi connectivity index (χ2n) is 5.16. The Morgan fingerprint density at radius 3 is 2.90 bits per heavy atom. The molecule has 0 fully saturated rings. The summed E-state index contributed by atoms with van der Waals surface area (Å²) in [6.07, 6.45) is 2.39. The average molecular weight is 286 g/mol. The van der Waals surface area contributed by atoms with Gasteiger partial charge in [-0.2, -0.15) is 0 Å².